The topological polar surface area (TPSA) is 63.2 Å². The van der Waals surface area contributed by atoms with Gasteiger partial charge >= 0.3 is 0 Å². The van der Waals surface area contributed by atoms with Gasteiger partial charge in [-0.2, -0.15) is 5.10 Å². The quantitative estimate of drug-likeness (QED) is 0.286. The van der Waals surface area contributed by atoms with Crippen LogP contribution in [0.15, 0.2) is 89.7 Å². The van der Waals surface area contributed by atoms with Gasteiger partial charge in [-0.1, -0.05) is 36.4 Å². The fourth-order valence-corrected chi connectivity index (χ4v) is 4.94. The summed E-state index contributed by atoms with van der Waals surface area (Å²) in [6.45, 7) is 9.10. The van der Waals surface area contributed by atoms with E-state index in [2.05, 4.69) is 65.7 Å². The number of carbonyl (C=O) groups excluding carboxylic acids is 1. The number of amides is 1. The third kappa shape index (κ3) is 5.69. The van der Waals surface area contributed by atoms with Crippen molar-refractivity contribution in [2.24, 2.45) is 5.10 Å². The van der Waals surface area contributed by atoms with Gasteiger partial charge in [-0.3, -0.25) is 4.79 Å². The minimum Gasteiger partial charge on any atom is -0.497 e. The van der Waals surface area contributed by atoms with Gasteiger partial charge in [0.25, 0.3) is 5.91 Å². The lowest BCUT2D eigenvalue weighted by Crippen LogP contribution is -2.31. The number of hydrazone groups is 1. The molecule has 0 saturated heterocycles. The number of anilines is 1. The third-order valence-electron chi connectivity index (χ3n) is 6.60. The summed E-state index contributed by atoms with van der Waals surface area (Å²) in [5, 5.41) is 4.25. The van der Waals surface area contributed by atoms with E-state index in [0.29, 0.717) is 11.3 Å². The number of rotatable bonds is 9. The molecule has 6 nitrogen and oxygen atoms in total. The molecule has 0 spiro atoms. The zero-order valence-electron chi connectivity index (χ0n) is 22.2. The first-order valence-corrected chi connectivity index (χ1v) is 12.7. The molecule has 1 N–H and O–H groups in total. The SMILES string of the molecule is CCN1/C(=C\C=N\NC(=O)c2cccc(OC(C)C)c2)C(C)(Cc2ccccc2)c2cc(OC)ccc21. The predicted octanol–water partition coefficient (Wildman–Crippen LogP) is 6.12. The molecular formula is C31H35N3O3. The molecule has 0 bridgehead atoms. The van der Waals surface area contributed by atoms with Gasteiger partial charge in [0.2, 0.25) is 0 Å². The second-order valence-electron chi connectivity index (χ2n) is 9.59. The van der Waals surface area contributed by atoms with Crippen LogP contribution < -0.4 is 19.8 Å². The molecule has 0 aromatic heterocycles. The predicted molar refractivity (Wildman–Crippen MR) is 150 cm³/mol. The van der Waals surface area contributed by atoms with Crippen molar-refractivity contribution in [2.45, 2.75) is 45.6 Å². The Morgan fingerprint density at radius 3 is 2.54 bits per heavy atom. The van der Waals surface area contributed by atoms with Gasteiger partial charge in [0.1, 0.15) is 11.5 Å². The molecule has 1 unspecified atom stereocenters. The van der Waals surface area contributed by atoms with Gasteiger partial charge in [-0.25, -0.2) is 5.43 Å². The van der Waals surface area contributed by atoms with E-state index in [1.165, 1.54) is 11.1 Å². The van der Waals surface area contributed by atoms with Crippen molar-refractivity contribution in [2.75, 3.05) is 18.6 Å². The van der Waals surface area contributed by atoms with E-state index in [0.717, 1.165) is 30.1 Å². The molecule has 192 valence electrons. The van der Waals surface area contributed by atoms with E-state index in [1.54, 1.807) is 31.5 Å². The Kier molecular flexibility index (Phi) is 7.97. The van der Waals surface area contributed by atoms with Crippen LogP contribution in [0.1, 0.15) is 49.2 Å². The van der Waals surface area contributed by atoms with Crippen molar-refractivity contribution in [3.8, 4) is 11.5 Å². The number of methoxy groups -OCH3 is 1. The smallest absolute Gasteiger partial charge is 0.271 e. The minimum atomic E-state index is -0.306. The monoisotopic (exact) mass is 497 g/mol. The Hall–Kier alpha value is -4.06. The maximum absolute atomic E-state index is 12.7. The number of hydrogen-bond acceptors (Lipinski definition) is 5. The molecule has 0 radical (unpaired) electrons. The number of nitrogens with one attached hydrogen (secondary N) is 1. The van der Waals surface area contributed by atoms with Crippen LogP contribution in [0.2, 0.25) is 0 Å². The van der Waals surface area contributed by atoms with Crippen LogP contribution in [-0.2, 0) is 11.8 Å². The molecule has 1 atom stereocenters. The molecule has 6 heteroatoms. The van der Waals surface area contributed by atoms with Gasteiger partial charge in [0.05, 0.1) is 13.2 Å². The fourth-order valence-electron chi connectivity index (χ4n) is 4.94. The van der Waals surface area contributed by atoms with Crippen molar-refractivity contribution in [3.05, 3.63) is 101 Å². The number of ether oxygens (including phenoxy) is 2. The molecule has 0 saturated carbocycles. The van der Waals surface area contributed by atoms with Gasteiger partial charge in [-0.05, 0) is 87.7 Å². The van der Waals surface area contributed by atoms with Crippen LogP contribution in [0, 0.1) is 0 Å². The normalized spacial score (nSPS) is 17.9. The first-order chi connectivity index (χ1) is 17.9. The van der Waals surface area contributed by atoms with E-state index >= 15 is 0 Å². The molecule has 4 rings (SSSR count). The lowest BCUT2D eigenvalue weighted by molar-refractivity contribution is 0.0954. The average Bonchev–Trinajstić information content (AvgIpc) is 3.13. The highest BCUT2D eigenvalue weighted by Gasteiger charge is 2.43. The number of carbonyl (C=O) groups is 1. The number of hydrogen-bond donors (Lipinski definition) is 1. The van der Waals surface area contributed by atoms with E-state index in [-0.39, 0.29) is 17.4 Å². The van der Waals surface area contributed by atoms with Crippen molar-refractivity contribution >= 4 is 17.8 Å². The molecule has 3 aromatic carbocycles. The number of fused-ring (bicyclic) bond motifs is 1. The Labute approximate surface area is 219 Å². The average molecular weight is 498 g/mol. The summed E-state index contributed by atoms with van der Waals surface area (Å²) in [6.07, 6.45) is 4.51. The van der Waals surface area contributed by atoms with Gasteiger partial charge < -0.3 is 14.4 Å². The molecule has 3 aromatic rings. The first-order valence-electron chi connectivity index (χ1n) is 12.7. The summed E-state index contributed by atoms with van der Waals surface area (Å²) in [7, 11) is 1.69. The standard InChI is InChI=1S/C31H35N3O3/c1-6-34-28-16-15-25(36-5)20-27(28)31(4,21-23-11-8-7-9-12-23)29(34)17-18-32-33-30(35)24-13-10-14-26(19-24)37-22(2)3/h7-20,22H,6,21H2,1-5H3,(H,33,35)/b29-17-,32-18+. The molecule has 0 fully saturated rings. The van der Waals surface area contributed by atoms with Crippen LogP contribution in [0.4, 0.5) is 5.69 Å². The molecule has 1 heterocycles. The lowest BCUT2D eigenvalue weighted by atomic mass is 9.76. The second kappa shape index (κ2) is 11.3. The second-order valence-corrected chi connectivity index (χ2v) is 9.59. The highest BCUT2D eigenvalue weighted by Crippen LogP contribution is 2.50. The van der Waals surface area contributed by atoms with E-state index in [9.17, 15) is 4.79 Å². The summed E-state index contributed by atoms with van der Waals surface area (Å²) in [5.74, 6) is 1.20. The van der Waals surface area contributed by atoms with Crippen LogP contribution in [0.25, 0.3) is 0 Å². The summed E-state index contributed by atoms with van der Waals surface area (Å²) in [5.41, 5.74) is 7.57. The van der Waals surface area contributed by atoms with Crippen LogP contribution in [-0.4, -0.2) is 31.9 Å². The van der Waals surface area contributed by atoms with Gasteiger partial charge in [0, 0.05) is 35.1 Å². The molecular weight excluding hydrogens is 462 g/mol. The summed E-state index contributed by atoms with van der Waals surface area (Å²) < 4.78 is 11.3. The van der Waals surface area contributed by atoms with E-state index in [1.807, 2.05) is 38.1 Å². The van der Waals surface area contributed by atoms with Crippen LogP contribution in [0.5, 0.6) is 11.5 Å². The third-order valence-corrected chi connectivity index (χ3v) is 6.60. The zero-order chi connectivity index (χ0) is 26.4. The highest BCUT2D eigenvalue weighted by atomic mass is 16.5. The number of nitrogens with zero attached hydrogens (tertiary/aromatic N) is 2. The molecule has 1 aliphatic rings. The maximum atomic E-state index is 12.7. The van der Waals surface area contributed by atoms with Crippen LogP contribution >= 0.6 is 0 Å². The number of benzene rings is 3. The van der Waals surface area contributed by atoms with Crippen LogP contribution in [0.3, 0.4) is 0 Å². The van der Waals surface area contributed by atoms with Crippen molar-refractivity contribution < 1.29 is 14.3 Å². The Morgan fingerprint density at radius 2 is 1.84 bits per heavy atom. The van der Waals surface area contributed by atoms with Crippen molar-refractivity contribution in [3.63, 3.8) is 0 Å². The Balaban J connectivity index is 1.61. The maximum Gasteiger partial charge on any atom is 0.271 e. The van der Waals surface area contributed by atoms with E-state index in [4.69, 9.17) is 9.47 Å². The van der Waals surface area contributed by atoms with Crippen molar-refractivity contribution in [1.82, 2.24) is 5.43 Å². The Morgan fingerprint density at radius 1 is 1.05 bits per heavy atom. The first kappa shape index (κ1) is 26.0. The highest BCUT2D eigenvalue weighted by molar-refractivity contribution is 5.95. The molecule has 1 aliphatic heterocycles. The lowest BCUT2D eigenvalue weighted by Gasteiger charge is -2.30. The molecule has 1 amide bonds. The molecule has 37 heavy (non-hydrogen) atoms. The minimum absolute atomic E-state index is 0.0326. The summed E-state index contributed by atoms with van der Waals surface area (Å²) in [6, 6.07) is 23.8. The number of allylic oxidation sites excluding steroid dienone is 2. The summed E-state index contributed by atoms with van der Waals surface area (Å²) >= 11 is 0. The Bertz CT molecular complexity index is 1300. The van der Waals surface area contributed by atoms with E-state index < -0.39 is 0 Å². The number of likely N-dealkylation sites (N-methyl/N-ethyl adjacent to an activating group) is 1. The fraction of sp³-hybridized carbons (Fsp3) is 0.290. The summed E-state index contributed by atoms with van der Waals surface area (Å²) in [4.78, 5) is 15.0. The van der Waals surface area contributed by atoms with Gasteiger partial charge in [-0.15, -0.1) is 0 Å². The van der Waals surface area contributed by atoms with Gasteiger partial charge in [0.15, 0.2) is 0 Å². The molecule has 0 aliphatic carbocycles. The zero-order valence-corrected chi connectivity index (χ0v) is 22.2. The van der Waals surface area contributed by atoms with Crippen molar-refractivity contribution in [1.29, 1.82) is 0 Å². The largest absolute Gasteiger partial charge is 0.497 e.